The molecule has 0 atom stereocenters. The van der Waals surface area contributed by atoms with Crippen LogP contribution in [0.2, 0.25) is 5.02 Å². The Morgan fingerprint density at radius 3 is 2.45 bits per heavy atom. The summed E-state index contributed by atoms with van der Waals surface area (Å²) >= 11 is 6.00. The number of hydrogen-bond donors (Lipinski definition) is 1. The summed E-state index contributed by atoms with van der Waals surface area (Å²) in [6.07, 6.45) is 1.49. The van der Waals surface area contributed by atoms with Crippen molar-refractivity contribution in [3.63, 3.8) is 0 Å². The number of carbonyl (C=O) groups excluding carboxylic acids is 1. The first kappa shape index (κ1) is 20.4. The van der Waals surface area contributed by atoms with Crippen molar-refractivity contribution < 1.29 is 14.3 Å². The lowest BCUT2D eigenvalue weighted by Gasteiger charge is -2.08. The SMILES string of the molecule is CCOc1ccc(Cl)cc1/C=N/NC(=O)COc1ccc(-c2ccccc2)cc1. The molecule has 0 spiro atoms. The minimum Gasteiger partial charge on any atom is -0.493 e. The molecule has 1 N–H and O–H groups in total. The third-order valence-electron chi connectivity index (χ3n) is 4.00. The third kappa shape index (κ3) is 6.09. The molecule has 0 heterocycles. The van der Waals surface area contributed by atoms with Crippen LogP contribution in [0.3, 0.4) is 0 Å². The van der Waals surface area contributed by atoms with Crippen LogP contribution in [0.5, 0.6) is 11.5 Å². The van der Waals surface area contributed by atoms with Gasteiger partial charge in [-0.15, -0.1) is 0 Å². The van der Waals surface area contributed by atoms with Gasteiger partial charge >= 0.3 is 0 Å². The Morgan fingerprint density at radius 2 is 1.72 bits per heavy atom. The van der Waals surface area contributed by atoms with E-state index in [1.54, 1.807) is 18.2 Å². The molecular weight excluding hydrogens is 388 g/mol. The van der Waals surface area contributed by atoms with Gasteiger partial charge in [0.2, 0.25) is 0 Å². The fraction of sp³-hybridized carbons (Fsp3) is 0.130. The number of benzene rings is 3. The van der Waals surface area contributed by atoms with Crippen LogP contribution >= 0.6 is 11.6 Å². The van der Waals surface area contributed by atoms with Gasteiger partial charge in [-0.05, 0) is 48.4 Å². The fourth-order valence-electron chi connectivity index (χ4n) is 2.64. The summed E-state index contributed by atoms with van der Waals surface area (Å²) in [4.78, 5) is 12.0. The maximum Gasteiger partial charge on any atom is 0.277 e. The molecule has 0 aromatic heterocycles. The average Bonchev–Trinajstić information content (AvgIpc) is 2.75. The molecule has 3 rings (SSSR count). The van der Waals surface area contributed by atoms with Crippen LogP contribution in [0, 0.1) is 0 Å². The predicted molar refractivity (Wildman–Crippen MR) is 116 cm³/mol. The minimum absolute atomic E-state index is 0.143. The molecule has 3 aromatic carbocycles. The number of rotatable bonds is 8. The standard InChI is InChI=1S/C23H21ClN2O3/c1-2-28-22-13-10-20(24)14-19(22)15-25-26-23(27)16-29-21-11-8-18(9-12-21)17-6-4-3-5-7-17/h3-15H,2,16H2,1H3,(H,26,27)/b25-15+. The topological polar surface area (TPSA) is 59.9 Å². The monoisotopic (exact) mass is 408 g/mol. The van der Waals surface area contributed by atoms with Gasteiger partial charge in [-0.2, -0.15) is 5.10 Å². The highest BCUT2D eigenvalue weighted by atomic mass is 35.5. The van der Waals surface area contributed by atoms with Crippen molar-refractivity contribution in [2.24, 2.45) is 5.10 Å². The van der Waals surface area contributed by atoms with Gasteiger partial charge in [0, 0.05) is 10.6 Å². The summed E-state index contributed by atoms with van der Waals surface area (Å²) in [6.45, 7) is 2.27. The Balaban J connectivity index is 1.51. The Hall–Kier alpha value is -3.31. The summed E-state index contributed by atoms with van der Waals surface area (Å²) in [5.41, 5.74) is 5.32. The predicted octanol–water partition coefficient (Wildman–Crippen LogP) is 4.93. The molecule has 0 aliphatic carbocycles. The van der Waals surface area contributed by atoms with Gasteiger partial charge in [0.15, 0.2) is 6.61 Å². The molecule has 6 heteroatoms. The van der Waals surface area contributed by atoms with E-state index in [0.717, 1.165) is 11.1 Å². The molecule has 0 saturated carbocycles. The Labute approximate surface area is 174 Å². The summed E-state index contributed by atoms with van der Waals surface area (Å²) in [6, 6.07) is 22.8. The van der Waals surface area contributed by atoms with Gasteiger partial charge in [0.1, 0.15) is 11.5 Å². The van der Waals surface area contributed by atoms with Gasteiger partial charge in [-0.3, -0.25) is 4.79 Å². The summed E-state index contributed by atoms with van der Waals surface area (Å²) in [7, 11) is 0. The molecule has 148 valence electrons. The zero-order chi connectivity index (χ0) is 20.5. The molecule has 0 unspecified atom stereocenters. The Morgan fingerprint density at radius 1 is 1.00 bits per heavy atom. The van der Waals surface area contributed by atoms with E-state index in [0.29, 0.717) is 28.7 Å². The lowest BCUT2D eigenvalue weighted by Crippen LogP contribution is -2.24. The number of nitrogens with one attached hydrogen (secondary N) is 1. The molecule has 0 fully saturated rings. The van der Waals surface area contributed by atoms with E-state index in [9.17, 15) is 4.79 Å². The molecule has 0 aliphatic heterocycles. The zero-order valence-electron chi connectivity index (χ0n) is 16.0. The highest BCUT2D eigenvalue weighted by Gasteiger charge is 2.04. The molecule has 1 amide bonds. The number of hydrogen-bond acceptors (Lipinski definition) is 4. The van der Waals surface area contributed by atoms with Gasteiger partial charge in [0.25, 0.3) is 5.91 Å². The van der Waals surface area contributed by atoms with Crippen LogP contribution < -0.4 is 14.9 Å². The van der Waals surface area contributed by atoms with Crippen molar-refractivity contribution in [1.82, 2.24) is 5.43 Å². The van der Waals surface area contributed by atoms with Gasteiger partial charge in [-0.1, -0.05) is 54.1 Å². The van der Waals surface area contributed by atoms with Crippen molar-refractivity contribution in [2.75, 3.05) is 13.2 Å². The number of halogens is 1. The summed E-state index contributed by atoms with van der Waals surface area (Å²) < 4.78 is 11.0. The van der Waals surface area contributed by atoms with Crippen molar-refractivity contribution in [3.8, 4) is 22.6 Å². The number of hydrazone groups is 1. The zero-order valence-corrected chi connectivity index (χ0v) is 16.7. The average molecular weight is 409 g/mol. The quantitative estimate of drug-likeness (QED) is 0.424. The largest absolute Gasteiger partial charge is 0.493 e. The molecule has 5 nitrogen and oxygen atoms in total. The summed E-state index contributed by atoms with van der Waals surface area (Å²) in [5.74, 6) is 0.885. The van der Waals surface area contributed by atoms with Crippen LogP contribution in [-0.2, 0) is 4.79 Å². The van der Waals surface area contributed by atoms with E-state index in [1.165, 1.54) is 6.21 Å². The second kappa shape index (κ2) is 10.3. The van der Waals surface area contributed by atoms with Crippen LogP contribution in [0.25, 0.3) is 11.1 Å². The summed E-state index contributed by atoms with van der Waals surface area (Å²) in [5, 5.41) is 4.51. The lowest BCUT2D eigenvalue weighted by molar-refractivity contribution is -0.123. The van der Waals surface area contributed by atoms with E-state index in [-0.39, 0.29) is 12.5 Å². The molecule has 0 aliphatic rings. The van der Waals surface area contributed by atoms with Crippen molar-refractivity contribution in [1.29, 1.82) is 0 Å². The van der Waals surface area contributed by atoms with Gasteiger partial charge in [-0.25, -0.2) is 5.43 Å². The highest BCUT2D eigenvalue weighted by molar-refractivity contribution is 6.30. The van der Waals surface area contributed by atoms with E-state index >= 15 is 0 Å². The van der Waals surface area contributed by atoms with E-state index < -0.39 is 0 Å². The van der Waals surface area contributed by atoms with Gasteiger partial charge < -0.3 is 9.47 Å². The first-order valence-electron chi connectivity index (χ1n) is 9.18. The van der Waals surface area contributed by atoms with Crippen LogP contribution in [0.4, 0.5) is 0 Å². The molecule has 0 saturated heterocycles. The fourth-order valence-corrected chi connectivity index (χ4v) is 2.82. The maximum atomic E-state index is 12.0. The molecule has 0 bridgehead atoms. The van der Waals surface area contributed by atoms with Crippen molar-refractivity contribution in [2.45, 2.75) is 6.92 Å². The number of nitrogens with zero attached hydrogens (tertiary/aromatic N) is 1. The molecular formula is C23H21ClN2O3. The van der Waals surface area contributed by atoms with Crippen molar-refractivity contribution >= 4 is 23.7 Å². The smallest absolute Gasteiger partial charge is 0.277 e. The van der Waals surface area contributed by atoms with Crippen LogP contribution in [-0.4, -0.2) is 25.3 Å². The first-order chi connectivity index (χ1) is 14.2. The molecule has 3 aromatic rings. The van der Waals surface area contributed by atoms with Gasteiger partial charge in [0.05, 0.1) is 12.8 Å². The van der Waals surface area contributed by atoms with E-state index in [4.69, 9.17) is 21.1 Å². The highest BCUT2D eigenvalue weighted by Crippen LogP contribution is 2.22. The maximum absolute atomic E-state index is 12.0. The first-order valence-corrected chi connectivity index (χ1v) is 9.56. The number of carbonyl (C=O) groups is 1. The van der Waals surface area contributed by atoms with Crippen LogP contribution in [0.1, 0.15) is 12.5 Å². The number of ether oxygens (including phenoxy) is 2. The molecule has 0 radical (unpaired) electrons. The lowest BCUT2D eigenvalue weighted by atomic mass is 10.1. The normalized spacial score (nSPS) is 10.7. The van der Waals surface area contributed by atoms with E-state index in [1.807, 2.05) is 61.5 Å². The second-order valence-electron chi connectivity index (χ2n) is 6.09. The Bertz CT molecular complexity index is 973. The van der Waals surface area contributed by atoms with Crippen molar-refractivity contribution in [3.05, 3.63) is 83.4 Å². The van der Waals surface area contributed by atoms with Crippen LogP contribution in [0.15, 0.2) is 77.9 Å². The van der Waals surface area contributed by atoms with E-state index in [2.05, 4.69) is 10.5 Å². The molecule has 29 heavy (non-hydrogen) atoms. The Kier molecular flexibility index (Phi) is 7.25. The minimum atomic E-state index is -0.367. The second-order valence-corrected chi connectivity index (χ2v) is 6.52. The number of amides is 1. The third-order valence-corrected chi connectivity index (χ3v) is 4.23.